The van der Waals surface area contributed by atoms with Crippen molar-refractivity contribution in [2.75, 3.05) is 11.9 Å². The smallest absolute Gasteiger partial charge is 0.264 e. The minimum atomic E-state index is -0.586. The fourth-order valence-electron chi connectivity index (χ4n) is 2.77. The molecule has 28 heavy (non-hydrogen) atoms. The molecule has 0 aliphatic carbocycles. The van der Waals surface area contributed by atoms with Crippen molar-refractivity contribution in [2.24, 2.45) is 0 Å². The number of benzene rings is 2. The van der Waals surface area contributed by atoms with Crippen LogP contribution in [0.5, 0.6) is 0 Å². The molecule has 0 radical (unpaired) electrons. The van der Waals surface area contributed by atoms with Crippen molar-refractivity contribution >= 4 is 40.9 Å². The topological polar surface area (TPSA) is 73.2 Å². The zero-order valence-corrected chi connectivity index (χ0v) is 16.4. The van der Waals surface area contributed by atoms with Gasteiger partial charge in [-0.3, -0.25) is 14.5 Å². The zero-order valence-electron chi connectivity index (χ0n) is 14.8. The summed E-state index contributed by atoms with van der Waals surface area (Å²) in [5.74, 6) is -1.31. The molecule has 2 aromatic carbocycles. The molecule has 0 saturated carbocycles. The predicted molar refractivity (Wildman–Crippen MR) is 107 cm³/mol. The number of rotatable bonds is 4. The summed E-state index contributed by atoms with van der Waals surface area (Å²) in [4.78, 5) is 26.6. The molecule has 1 unspecified atom stereocenters. The van der Waals surface area contributed by atoms with Gasteiger partial charge in [0.1, 0.15) is 22.5 Å². The van der Waals surface area contributed by atoms with Crippen molar-refractivity contribution in [1.82, 2.24) is 5.32 Å². The quantitative estimate of drug-likeness (QED) is 0.611. The van der Waals surface area contributed by atoms with E-state index in [9.17, 15) is 19.2 Å². The van der Waals surface area contributed by atoms with Crippen LogP contribution in [0.2, 0.25) is 5.02 Å². The molecule has 1 heterocycles. The molecule has 2 aromatic rings. The van der Waals surface area contributed by atoms with Crippen LogP contribution in [0.1, 0.15) is 5.56 Å². The summed E-state index contributed by atoms with van der Waals surface area (Å²) in [6.07, 6.45) is 0.397. The maximum Gasteiger partial charge on any atom is 0.264 e. The van der Waals surface area contributed by atoms with Crippen LogP contribution in [-0.2, 0) is 16.0 Å². The van der Waals surface area contributed by atoms with Gasteiger partial charge < -0.3 is 5.32 Å². The molecular weight excluding hydrogens is 401 g/mol. The highest BCUT2D eigenvalue weighted by Gasteiger charge is 2.40. The number of carbonyl (C=O) groups excluding carboxylic acids is 2. The first-order valence-corrected chi connectivity index (χ1v) is 9.57. The van der Waals surface area contributed by atoms with Crippen LogP contribution in [-0.4, -0.2) is 24.1 Å². The van der Waals surface area contributed by atoms with Crippen molar-refractivity contribution in [3.63, 3.8) is 0 Å². The second kappa shape index (κ2) is 8.46. The van der Waals surface area contributed by atoms with Crippen LogP contribution in [0, 0.1) is 17.1 Å². The Morgan fingerprint density at radius 1 is 1.25 bits per heavy atom. The van der Waals surface area contributed by atoms with E-state index in [-0.39, 0.29) is 16.5 Å². The first kappa shape index (κ1) is 19.9. The molecule has 2 amide bonds. The maximum atomic E-state index is 13.3. The highest BCUT2D eigenvalue weighted by Crippen LogP contribution is 2.41. The molecule has 1 fully saturated rings. The van der Waals surface area contributed by atoms with E-state index in [1.165, 1.54) is 36.2 Å². The molecule has 3 rings (SSSR count). The van der Waals surface area contributed by atoms with Gasteiger partial charge in [0.2, 0.25) is 5.91 Å². The van der Waals surface area contributed by atoms with Crippen LogP contribution in [0.25, 0.3) is 0 Å². The van der Waals surface area contributed by atoms with Crippen molar-refractivity contribution in [2.45, 2.75) is 11.7 Å². The summed E-state index contributed by atoms with van der Waals surface area (Å²) < 4.78 is 13.3. The Hall–Kier alpha value is -2.82. The number of likely N-dealkylation sites (N-methyl/N-ethyl adjacent to an activating group) is 1. The molecule has 1 N–H and O–H groups in total. The molecule has 1 saturated heterocycles. The monoisotopic (exact) mass is 415 g/mol. The Bertz CT molecular complexity index is 984. The van der Waals surface area contributed by atoms with Gasteiger partial charge in [0.25, 0.3) is 5.91 Å². The van der Waals surface area contributed by atoms with Gasteiger partial charge in [-0.1, -0.05) is 35.5 Å². The number of nitrogens with one attached hydrogen (secondary N) is 1. The summed E-state index contributed by atoms with van der Waals surface area (Å²) in [7, 11) is 1.41. The molecule has 8 heteroatoms. The summed E-state index contributed by atoms with van der Waals surface area (Å²) in [6.45, 7) is 0. The number of nitrogens with zero attached hydrogens (tertiary/aromatic N) is 2. The van der Waals surface area contributed by atoms with Gasteiger partial charge in [0.05, 0.1) is 5.25 Å². The van der Waals surface area contributed by atoms with E-state index in [4.69, 9.17) is 11.6 Å². The van der Waals surface area contributed by atoms with Crippen LogP contribution >= 0.6 is 23.4 Å². The van der Waals surface area contributed by atoms with Crippen molar-refractivity contribution in [1.29, 1.82) is 5.26 Å². The number of amides is 2. The van der Waals surface area contributed by atoms with E-state index in [0.29, 0.717) is 17.1 Å². The molecule has 1 atom stereocenters. The Morgan fingerprint density at radius 2 is 1.89 bits per heavy atom. The number of nitriles is 1. The van der Waals surface area contributed by atoms with E-state index in [0.717, 1.165) is 17.3 Å². The molecule has 142 valence electrons. The fourth-order valence-corrected chi connectivity index (χ4v) is 4.21. The molecule has 0 spiro atoms. The molecule has 5 nitrogen and oxygen atoms in total. The van der Waals surface area contributed by atoms with Gasteiger partial charge in [0.15, 0.2) is 0 Å². The normalized spacial score (nSPS) is 18.0. The van der Waals surface area contributed by atoms with Crippen LogP contribution in [0.15, 0.2) is 59.1 Å². The second-order valence-electron chi connectivity index (χ2n) is 5.96. The third kappa shape index (κ3) is 4.03. The molecule has 0 bridgehead atoms. The minimum absolute atomic E-state index is 0.163. The molecule has 0 aromatic heterocycles. The van der Waals surface area contributed by atoms with Gasteiger partial charge >= 0.3 is 0 Å². The van der Waals surface area contributed by atoms with Crippen molar-refractivity contribution < 1.29 is 14.0 Å². The standard InChI is InChI=1S/C20H15ClFN3O2S/c1-24-18(26)16(11-23)20-25(15-8-6-14(22)7-9-15)19(27)17(28-20)10-12-2-4-13(21)5-3-12/h2-9,17H,10H2,1H3,(H,24,26)/b20-16-. The fraction of sp³-hybridized carbons (Fsp3) is 0.150. The second-order valence-corrected chi connectivity index (χ2v) is 7.59. The first-order valence-electron chi connectivity index (χ1n) is 8.31. The number of thioether (sulfide) groups is 1. The van der Waals surface area contributed by atoms with Crippen molar-refractivity contribution in [3.8, 4) is 6.07 Å². The Kier molecular flexibility index (Phi) is 6.02. The summed E-state index contributed by atoms with van der Waals surface area (Å²) >= 11 is 7.06. The lowest BCUT2D eigenvalue weighted by molar-refractivity contribution is -0.117. The van der Waals surface area contributed by atoms with E-state index in [1.54, 1.807) is 12.1 Å². The molecule has 1 aliphatic heterocycles. The Balaban J connectivity index is 2.03. The first-order chi connectivity index (χ1) is 13.4. The summed E-state index contributed by atoms with van der Waals surface area (Å²) in [6, 6.07) is 14.3. The average Bonchev–Trinajstić information content (AvgIpc) is 3.00. The largest absolute Gasteiger partial charge is 0.354 e. The average molecular weight is 416 g/mol. The summed E-state index contributed by atoms with van der Waals surface area (Å²) in [5.41, 5.74) is 1.13. The van der Waals surface area contributed by atoms with E-state index >= 15 is 0 Å². The van der Waals surface area contributed by atoms with Gasteiger partial charge in [0, 0.05) is 17.8 Å². The molecular formula is C20H15ClFN3O2S. The number of halogens is 2. The third-order valence-corrected chi connectivity index (χ3v) is 5.67. The van der Waals surface area contributed by atoms with Crippen LogP contribution in [0.3, 0.4) is 0 Å². The van der Waals surface area contributed by atoms with Gasteiger partial charge in [-0.05, 0) is 48.4 Å². The number of hydrogen-bond acceptors (Lipinski definition) is 4. The van der Waals surface area contributed by atoms with Gasteiger partial charge in [-0.25, -0.2) is 4.39 Å². The highest BCUT2D eigenvalue weighted by atomic mass is 35.5. The molecule has 1 aliphatic rings. The lowest BCUT2D eigenvalue weighted by Gasteiger charge is -2.18. The van der Waals surface area contributed by atoms with E-state index < -0.39 is 17.0 Å². The third-order valence-electron chi connectivity index (χ3n) is 4.15. The van der Waals surface area contributed by atoms with E-state index in [1.807, 2.05) is 18.2 Å². The number of hydrogen-bond donors (Lipinski definition) is 1. The van der Waals surface area contributed by atoms with E-state index in [2.05, 4.69) is 5.32 Å². The minimum Gasteiger partial charge on any atom is -0.354 e. The Labute approximate surface area is 170 Å². The van der Waals surface area contributed by atoms with Gasteiger partial charge in [-0.2, -0.15) is 5.26 Å². The van der Waals surface area contributed by atoms with Crippen LogP contribution < -0.4 is 10.2 Å². The number of anilines is 1. The SMILES string of the molecule is CNC(=O)/C(C#N)=C1\SC(Cc2ccc(Cl)cc2)C(=O)N1c1ccc(F)cc1. The zero-order chi connectivity index (χ0) is 20.3. The number of carbonyl (C=O) groups is 2. The van der Waals surface area contributed by atoms with Crippen LogP contribution in [0.4, 0.5) is 10.1 Å². The highest BCUT2D eigenvalue weighted by molar-refractivity contribution is 8.05. The lowest BCUT2D eigenvalue weighted by Crippen LogP contribution is -2.31. The maximum absolute atomic E-state index is 13.3. The van der Waals surface area contributed by atoms with Crippen molar-refractivity contribution in [3.05, 3.63) is 75.5 Å². The Morgan fingerprint density at radius 3 is 2.46 bits per heavy atom. The van der Waals surface area contributed by atoms with Gasteiger partial charge in [-0.15, -0.1) is 0 Å². The lowest BCUT2D eigenvalue weighted by atomic mass is 10.1. The summed E-state index contributed by atoms with van der Waals surface area (Å²) in [5, 5.41) is 12.2. The predicted octanol–water partition coefficient (Wildman–Crippen LogP) is 3.65.